The van der Waals surface area contributed by atoms with Crippen LogP contribution in [0.2, 0.25) is 0 Å². The molecule has 0 amide bonds. The summed E-state index contributed by atoms with van der Waals surface area (Å²) in [7, 11) is -3.45. The molecular formula is C24H17N3O3S. The van der Waals surface area contributed by atoms with Gasteiger partial charge >= 0.3 is 0 Å². The average molecular weight is 427 g/mol. The molecule has 0 fully saturated rings. The van der Waals surface area contributed by atoms with Crippen LogP contribution in [0.5, 0.6) is 0 Å². The number of anilines is 1. The van der Waals surface area contributed by atoms with E-state index >= 15 is 0 Å². The number of para-hydroxylation sites is 1. The summed E-state index contributed by atoms with van der Waals surface area (Å²) in [6, 6.07) is 20.2. The number of benzene rings is 2. The Bertz CT molecular complexity index is 1660. The molecule has 0 saturated carbocycles. The molecule has 0 atom stereocenters. The van der Waals surface area contributed by atoms with Crippen molar-refractivity contribution >= 4 is 48.3 Å². The first-order valence-corrected chi connectivity index (χ1v) is 11.5. The summed E-state index contributed by atoms with van der Waals surface area (Å²) in [6.45, 7) is 0. The van der Waals surface area contributed by atoms with Gasteiger partial charge in [0, 0.05) is 45.4 Å². The summed E-state index contributed by atoms with van der Waals surface area (Å²) >= 11 is 0. The maximum atomic E-state index is 13.4. The van der Waals surface area contributed by atoms with E-state index in [0.717, 1.165) is 28.3 Å². The lowest BCUT2D eigenvalue weighted by Crippen LogP contribution is -2.10. The van der Waals surface area contributed by atoms with Crippen molar-refractivity contribution in [2.24, 2.45) is 0 Å². The molecule has 0 saturated heterocycles. The van der Waals surface area contributed by atoms with Gasteiger partial charge in [0.05, 0.1) is 17.3 Å². The minimum atomic E-state index is -3.45. The zero-order valence-electron chi connectivity index (χ0n) is 16.5. The van der Waals surface area contributed by atoms with Crippen LogP contribution in [0.1, 0.15) is 0 Å². The average Bonchev–Trinajstić information content (AvgIpc) is 2.89. The molecule has 0 radical (unpaired) electrons. The van der Waals surface area contributed by atoms with Crippen LogP contribution in [0.25, 0.3) is 43.7 Å². The van der Waals surface area contributed by atoms with Crippen LogP contribution in [0.3, 0.4) is 0 Å². The molecule has 0 aliphatic carbocycles. The fourth-order valence-electron chi connectivity index (χ4n) is 3.67. The number of nitrogens with one attached hydrogen (secondary N) is 1. The number of rotatable bonds is 3. The first kappa shape index (κ1) is 19.1. The van der Waals surface area contributed by atoms with Gasteiger partial charge in [-0.05, 0) is 41.8 Å². The Labute approximate surface area is 178 Å². The first-order valence-electron chi connectivity index (χ1n) is 9.57. The molecule has 0 spiro atoms. The van der Waals surface area contributed by atoms with E-state index in [1.807, 2.05) is 42.5 Å². The van der Waals surface area contributed by atoms with Crippen molar-refractivity contribution in [3.8, 4) is 11.1 Å². The zero-order valence-corrected chi connectivity index (χ0v) is 17.3. The van der Waals surface area contributed by atoms with E-state index in [1.165, 1.54) is 0 Å². The predicted octanol–water partition coefficient (Wildman–Crippen LogP) is 4.33. The Morgan fingerprint density at radius 2 is 1.45 bits per heavy atom. The number of aromatic nitrogens is 2. The van der Waals surface area contributed by atoms with E-state index in [4.69, 9.17) is 0 Å². The molecule has 7 heteroatoms. The molecule has 0 bridgehead atoms. The highest BCUT2D eigenvalue weighted by Crippen LogP contribution is 2.25. The van der Waals surface area contributed by atoms with Gasteiger partial charge in [-0.15, -0.1) is 0 Å². The van der Waals surface area contributed by atoms with Crippen LogP contribution in [0.15, 0.2) is 83.9 Å². The van der Waals surface area contributed by atoms with Crippen molar-refractivity contribution < 1.29 is 8.42 Å². The number of hydrogen-bond donors (Lipinski definition) is 1. The molecule has 152 valence electrons. The summed E-state index contributed by atoms with van der Waals surface area (Å²) in [5.74, 6) is 0. The van der Waals surface area contributed by atoms with Crippen molar-refractivity contribution in [1.82, 2.24) is 9.97 Å². The van der Waals surface area contributed by atoms with E-state index in [9.17, 15) is 13.2 Å². The molecule has 1 N–H and O–H groups in total. The number of sulfonamides is 1. The van der Waals surface area contributed by atoms with Crippen LogP contribution in [0.4, 0.5) is 5.69 Å². The van der Waals surface area contributed by atoms with Gasteiger partial charge in [-0.1, -0.05) is 30.3 Å². The van der Waals surface area contributed by atoms with Gasteiger partial charge in [-0.3, -0.25) is 19.5 Å². The Morgan fingerprint density at radius 3 is 2.26 bits per heavy atom. The number of hydrogen-bond acceptors (Lipinski definition) is 5. The highest BCUT2D eigenvalue weighted by atomic mass is 32.2. The predicted molar refractivity (Wildman–Crippen MR) is 125 cm³/mol. The Morgan fingerprint density at radius 1 is 0.742 bits per heavy atom. The lowest BCUT2D eigenvalue weighted by atomic mass is 10.1. The fourth-order valence-corrected chi connectivity index (χ4v) is 4.22. The molecule has 0 unspecified atom stereocenters. The number of fused-ring (bicyclic) bond motifs is 3. The first-order chi connectivity index (χ1) is 14.9. The third kappa shape index (κ3) is 3.71. The third-order valence-corrected chi connectivity index (χ3v) is 5.72. The molecule has 2 aromatic heterocycles. The third-order valence-electron chi connectivity index (χ3n) is 5.11. The van der Waals surface area contributed by atoms with E-state index in [0.29, 0.717) is 27.4 Å². The van der Waals surface area contributed by atoms with Crippen molar-refractivity contribution in [3.05, 3.63) is 89.3 Å². The number of nitrogens with zero attached hydrogens (tertiary/aromatic N) is 2. The summed E-state index contributed by atoms with van der Waals surface area (Å²) in [5, 5.41) is 2.58. The molecule has 31 heavy (non-hydrogen) atoms. The van der Waals surface area contributed by atoms with Crippen LogP contribution < -0.4 is 10.2 Å². The van der Waals surface area contributed by atoms with Gasteiger partial charge in [0.1, 0.15) is 0 Å². The van der Waals surface area contributed by atoms with E-state index in [2.05, 4.69) is 14.7 Å². The van der Waals surface area contributed by atoms with Crippen molar-refractivity contribution in [1.29, 1.82) is 0 Å². The van der Waals surface area contributed by atoms with Gasteiger partial charge < -0.3 is 0 Å². The molecule has 3 aromatic carbocycles. The van der Waals surface area contributed by atoms with Crippen LogP contribution in [-0.2, 0) is 10.0 Å². The zero-order chi connectivity index (χ0) is 21.6. The summed E-state index contributed by atoms with van der Waals surface area (Å²) in [6.07, 6.45) is 4.57. The van der Waals surface area contributed by atoms with Crippen LogP contribution in [0, 0.1) is 0 Å². The Kier molecular flexibility index (Phi) is 4.41. The molecular weight excluding hydrogens is 410 g/mol. The minimum Gasteiger partial charge on any atom is -0.289 e. The minimum absolute atomic E-state index is 0.213. The van der Waals surface area contributed by atoms with Gasteiger partial charge in [-0.2, -0.15) is 0 Å². The van der Waals surface area contributed by atoms with Crippen LogP contribution >= 0.6 is 0 Å². The van der Waals surface area contributed by atoms with Gasteiger partial charge in [0.2, 0.25) is 10.0 Å². The molecule has 5 rings (SSSR count). The van der Waals surface area contributed by atoms with E-state index < -0.39 is 10.0 Å². The second-order valence-corrected chi connectivity index (χ2v) is 9.16. The highest BCUT2D eigenvalue weighted by Gasteiger charge is 2.09. The molecule has 2 heterocycles. The Balaban J connectivity index is 1.73. The highest BCUT2D eigenvalue weighted by molar-refractivity contribution is 7.92. The van der Waals surface area contributed by atoms with Gasteiger partial charge in [0.25, 0.3) is 0 Å². The molecule has 0 aliphatic heterocycles. The maximum absolute atomic E-state index is 13.4. The number of pyridine rings is 2. The second-order valence-electron chi connectivity index (χ2n) is 7.41. The van der Waals surface area contributed by atoms with Gasteiger partial charge in [-0.25, -0.2) is 8.42 Å². The smallest absolute Gasteiger partial charge is 0.229 e. The van der Waals surface area contributed by atoms with Crippen molar-refractivity contribution in [3.63, 3.8) is 0 Å². The Hall–Kier alpha value is -3.84. The topological polar surface area (TPSA) is 89.0 Å². The molecule has 6 nitrogen and oxygen atoms in total. The van der Waals surface area contributed by atoms with Crippen molar-refractivity contribution in [2.45, 2.75) is 0 Å². The SMILES string of the molecule is CS(=O)(=O)Nc1ccc2ccc3ncc(-c4cnc5ccccc5c4)cc3c(=O)c2c1. The standard InChI is InChI=1S/C24H17N3O3S/c1-31(29,30)27-19-8-6-15-7-9-23-21(24(28)20(15)12-19)11-18(14-26-23)17-10-16-4-2-3-5-22(16)25-13-17/h2-14,27H,1H3. The van der Waals surface area contributed by atoms with Crippen LogP contribution in [-0.4, -0.2) is 24.6 Å². The maximum Gasteiger partial charge on any atom is 0.229 e. The quantitative estimate of drug-likeness (QED) is 0.463. The summed E-state index contributed by atoms with van der Waals surface area (Å²) in [4.78, 5) is 22.4. The van der Waals surface area contributed by atoms with E-state index in [1.54, 1.807) is 36.7 Å². The molecule has 5 aromatic rings. The lowest BCUT2D eigenvalue weighted by Gasteiger charge is -2.04. The monoisotopic (exact) mass is 427 g/mol. The largest absolute Gasteiger partial charge is 0.289 e. The second kappa shape index (κ2) is 7.14. The fraction of sp³-hybridized carbons (Fsp3) is 0.0417. The normalized spacial score (nSPS) is 11.8. The summed E-state index contributed by atoms with van der Waals surface area (Å²) < 4.78 is 25.6. The van der Waals surface area contributed by atoms with Gasteiger partial charge in [0.15, 0.2) is 5.43 Å². The van der Waals surface area contributed by atoms with E-state index in [-0.39, 0.29) is 5.43 Å². The molecule has 0 aliphatic rings. The lowest BCUT2D eigenvalue weighted by molar-refractivity contribution is 0.607. The van der Waals surface area contributed by atoms with Crippen molar-refractivity contribution in [2.75, 3.05) is 11.0 Å². The summed E-state index contributed by atoms with van der Waals surface area (Å²) in [5.41, 5.74) is 3.24.